The highest BCUT2D eigenvalue weighted by Gasteiger charge is 2.59. The van der Waals surface area contributed by atoms with Crippen molar-refractivity contribution in [3.8, 4) is 11.5 Å². The van der Waals surface area contributed by atoms with Gasteiger partial charge in [0.2, 0.25) is 12.7 Å². The van der Waals surface area contributed by atoms with Crippen molar-refractivity contribution >= 4 is 28.3 Å². The molecule has 0 radical (unpaired) electrons. The molecule has 2 amide bonds. The number of benzene rings is 2. The third-order valence-electron chi connectivity index (χ3n) is 9.62. The smallest absolute Gasteiger partial charge is 0.263 e. The highest BCUT2D eigenvalue weighted by atomic mass is 32.1. The van der Waals surface area contributed by atoms with Crippen molar-refractivity contribution in [2.24, 2.45) is 16.7 Å². The second-order valence-electron chi connectivity index (χ2n) is 12.1. The van der Waals surface area contributed by atoms with Crippen LogP contribution in [0.25, 0.3) is 0 Å². The van der Waals surface area contributed by atoms with Crippen LogP contribution in [0.5, 0.6) is 11.5 Å². The summed E-state index contributed by atoms with van der Waals surface area (Å²) in [5, 5.41) is 27.1. The standard InChI is InChI=1S/C31H33F2N3O6S/c1-30-9-8-24(38)31(2,14-37)23(30)12-22-27(35-29(43-22)36-28(40)26-18(32)4-3-5-19(26)33)17(30)11-25(39)34-13-16-6-7-20-21(10-16)42-15-41-20/h3-7,10,17,23-24,37-38H,8-9,11-15H2,1-2H3,(H,34,39)(H,35,36,40)/t17-,23+,24-,30+,31+/m1/s1. The third kappa shape index (κ3) is 5.15. The Bertz CT molecular complexity index is 1560. The number of carbonyl (C=O) groups excluding carboxylic acids is 2. The van der Waals surface area contributed by atoms with Crippen molar-refractivity contribution < 1.29 is 38.1 Å². The Balaban J connectivity index is 1.29. The number of nitrogens with zero attached hydrogens (tertiary/aromatic N) is 1. The lowest BCUT2D eigenvalue weighted by molar-refractivity contribution is -0.144. The lowest BCUT2D eigenvalue weighted by Gasteiger charge is -2.58. The molecule has 1 saturated carbocycles. The SMILES string of the molecule is C[C@]1(CO)[C@H]2Cc3sc(NC(=O)c4c(F)cccc4F)nc3[C@@H](CC(=O)NCc3ccc4c(c3)OCO4)[C@]2(C)CC[C@H]1O. The van der Waals surface area contributed by atoms with Gasteiger partial charge in [-0.05, 0) is 60.4 Å². The zero-order valence-corrected chi connectivity index (χ0v) is 24.6. The molecule has 0 unspecified atom stereocenters. The zero-order valence-electron chi connectivity index (χ0n) is 23.8. The van der Waals surface area contributed by atoms with Gasteiger partial charge < -0.3 is 25.0 Å². The van der Waals surface area contributed by atoms with Crippen LogP contribution in [0.15, 0.2) is 36.4 Å². The maximum Gasteiger partial charge on any atom is 0.263 e. The van der Waals surface area contributed by atoms with Crippen molar-refractivity contribution in [3.05, 3.63) is 69.7 Å². The Hall–Kier alpha value is -3.61. The van der Waals surface area contributed by atoms with Gasteiger partial charge in [0.1, 0.15) is 17.2 Å². The summed E-state index contributed by atoms with van der Waals surface area (Å²) in [7, 11) is 0. The Labute approximate surface area is 251 Å². The fourth-order valence-electron chi connectivity index (χ4n) is 7.08. The van der Waals surface area contributed by atoms with E-state index < -0.39 is 46.0 Å². The average molecular weight is 614 g/mol. The highest BCUT2D eigenvalue weighted by Crippen LogP contribution is 2.62. The molecule has 4 N–H and O–H groups in total. The summed E-state index contributed by atoms with van der Waals surface area (Å²) in [5.74, 6) is -2.46. The quantitative estimate of drug-likeness (QED) is 0.308. The van der Waals surface area contributed by atoms with Gasteiger partial charge in [0.15, 0.2) is 16.6 Å². The summed E-state index contributed by atoms with van der Waals surface area (Å²) in [6, 6.07) is 8.67. The minimum Gasteiger partial charge on any atom is -0.454 e. The van der Waals surface area contributed by atoms with Gasteiger partial charge in [0.25, 0.3) is 5.91 Å². The molecule has 0 bridgehead atoms. The van der Waals surface area contributed by atoms with E-state index in [0.717, 1.165) is 22.6 Å². The Kier molecular flexibility index (Phi) is 7.64. The minimum absolute atomic E-state index is 0.0845. The lowest BCUT2D eigenvalue weighted by atomic mass is 9.47. The molecule has 2 aromatic carbocycles. The van der Waals surface area contributed by atoms with Gasteiger partial charge in [-0.3, -0.25) is 14.9 Å². The number of rotatable bonds is 7. The number of nitrogens with one attached hydrogen (secondary N) is 2. The maximum absolute atomic E-state index is 14.3. The van der Waals surface area contributed by atoms with Gasteiger partial charge in [-0.2, -0.15) is 0 Å². The number of ether oxygens (including phenoxy) is 2. The van der Waals surface area contributed by atoms with Crippen LogP contribution >= 0.6 is 11.3 Å². The number of amides is 2. The van der Waals surface area contributed by atoms with Gasteiger partial charge in [0.05, 0.1) is 18.4 Å². The predicted molar refractivity (Wildman–Crippen MR) is 154 cm³/mol. The summed E-state index contributed by atoms with van der Waals surface area (Å²) in [6.07, 6.45) is 0.884. The predicted octanol–water partition coefficient (Wildman–Crippen LogP) is 4.52. The number of fused-ring (bicyclic) bond motifs is 3. The van der Waals surface area contributed by atoms with Crippen LogP contribution in [0.1, 0.15) is 65.5 Å². The minimum atomic E-state index is -0.984. The van der Waals surface area contributed by atoms with E-state index in [1.165, 1.54) is 17.4 Å². The molecule has 12 heteroatoms. The Morgan fingerprint density at radius 2 is 1.88 bits per heavy atom. The molecule has 2 heterocycles. The summed E-state index contributed by atoms with van der Waals surface area (Å²) in [5.41, 5.74) is -0.545. The number of aromatic nitrogens is 1. The molecule has 1 aliphatic heterocycles. The van der Waals surface area contributed by atoms with Gasteiger partial charge in [-0.15, -0.1) is 11.3 Å². The summed E-state index contributed by atoms with van der Waals surface area (Å²) >= 11 is 1.18. The molecule has 0 spiro atoms. The number of carbonyl (C=O) groups is 2. The fraction of sp³-hybridized carbons (Fsp3) is 0.452. The number of halogens is 2. The fourth-order valence-corrected chi connectivity index (χ4v) is 8.15. The molecular formula is C31H33F2N3O6S. The van der Waals surface area contributed by atoms with Crippen LogP contribution in [0.2, 0.25) is 0 Å². The number of aliphatic hydroxyl groups is 2. The Morgan fingerprint density at radius 3 is 2.63 bits per heavy atom. The molecule has 5 atom stereocenters. The summed E-state index contributed by atoms with van der Waals surface area (Å²) in [4.78, 5) is 31.8. The van der Waals surface area contributed by atoms with Crippen molar-refractivity contribution in [2.45, 2.75) is 58.1 Å². The molecule has 0 saturated heterocycles. The molecule has 2 aliphatic carbocycles. The third-order valence-corrected chi connectivity index (χ3v) is 10.6. The van der Waals surface area contributed by atoms with Gasteiger partial charge >= 0.3 is 0 Å². The number of hydrogen-bond acceptors (Lipinski definition) is 8. The topological polar surface area (TPSA) is 130 Å². The molecule has 6 rings (SSSR count). The van der Waals surface area contributed by atoms with Gasteiger partial charge in [-0.25, -0.2) is 13.8 Å². The van der Waals surface area contributed by atoms with Gasteiger partial charge in [-0.1, -0.05) is 26.0 Å². The largest absolute Gasteiger partial charge is 0.454 e. The van der Waals surface area contributed by atoms with Gasteiger partial charge in [0, 0.05) is 29.2 Å². The number of thiazole rings is 1. The zero-order chi connectivity index (χ0) is 30.5. The van der Waals surface area contributed by atoms with E-state index >= 15 is 0 Å². The van der Waals surface area contributed by atoms with E-state index in [-0.39, 0.29) is 43.3 Å². The van der Waals surface area contributed by atoms with Crippen LogP contribution < -0.4 is 20.1 Å². The first-order chi connectivity index (χ1) is 20.5. The van der Waals surface area contributed by atoms with E-state index in [2.05, 4.69) is 17.6 Å². The number of anilines is 1. The van der Waals surface area contributed by atoms with E-state index in [1.54, 1.807) is 6.07 Å². The average Bonchev–Trinajstić information content (AvgIpc) is 3.61. The number of aliphatic hydroxyl groups excluding tert-OH is 2. The van der Waals surface area contributed by atoms with Crippen LogP contribution in [0, 0.1) is 28.4 Å². The Morgan fingerprint density at radius 1 is 1.14 bits per heavy atom. The molecular weight excluding hydrogens is 580 g/mol. The van der Waals surface area contributed by atoms with Crippen molar-refractivity contribution in [3.63, 3.8) is 0 Å². The number of hydrogen-bond donors (Lipinski definition) is 4. The molecule has 3 aliphatic rings. The van der Waals surface area contributed by atoms with Crippen LogP contribution in [-0.2, 0) is 17.8 Å². The second kappa shape index (κ2) is 11.1. The van der Waals surface area contributed by atoms with E-state index in [1.807, 2.05) is 19.1 Å². The van der Waals surface area contributed by atoms with Crippen LogP contribution in [-0.4, -0.2) is 46.5 Å². The normalized spacial score (nSPS) is 27.3. The summed E-state index contributed by atoms with van der Waals surface area (Å²) < 4.78 is 39.4. The van der Waals surface area contributed by atoms with E-state index in [9.17, 15) is 28.6 Å². The first-order valence-electron chi connectivity index (χ1n) is 14.2. The lowest BCUT2D eigenvalue weighted by Crippen LogP contribution is -2.57. The monoisotopic (exact) mass is 613 g/mol. The van der Waals surface area contributed by atoms with Crippen molar-refractivity contribution in [1.82, 2.24) is 10.3 Å². The molecule has 43 heavy (non-hydrogen) atoms. The first kappa shape index (κ1) is 29.5. The molecule has 1 fully saturated rings. The summed E-state index contributed by atoms with van der Waals surface area (Å²) in [6.45, 7) is 4.13. The van der Waals surface area contributed by atoms with E-state index in [4.69, 9.17) is 14.5 Å². The van der Waals surface area contributed by atoms with Crippen molar-refractivity contribution in [1.29, 1.82) is 0 Å². The van der Waals surface area contributed by atoms with Crippen LogP contribution in [0.3, 0.4) is 0 Å². The van der Waals surface area contributed by atoms with Crippen LogP contribution in [0.4, 0.5) is 13.9 Å². The maximum atomic E-state index is 14.3. The first-order valence-corrected chi connectivity index (χ1v) is 15.0. The molecule has 228 valence electrons. The second-order valence-corrected chi connectivity index (χ2v) is 13.2. The molecule has 1 aromatic heterocycles. The molecule has 9 nitrogen and oxygen atoms in total. The van der Waals surface area contributed by atoms with E-state index in [0.29, 0.717) is 36.5 Å². The molecule has 3 aromatic rings. The van der Waals surface area contributed by atoms with Crippen molar-refractivity contribution in [2.75, 3.05) is 18.7 Å². The highest BCUT2D eigenvalue weighted by molar-refractivity contribution is 7.15.